The molecule has 1 unspecified atom stereocenters. The fourth-order valence-corrected chi connectivity index (χ4v) is 6.13. The number of piperidine rings is 1. The number of rotatable bonds is 8. The number of piperazine rings is 1. The van der Waals surface area contributed by atoms with Gasteiger partial charge < -0.3 is 25.8 Å². The van der Waals surface area contributed by atoms with Crippen molar-refractivity contribution >= 4 is 39.7 Å². The fraction of sp³-hybridized carbons (Fsp3) is 0.643. The molecule has 3 saturated heterocycles. The summed E-state index contributed by atoms with van der Waals surface area (Å²) in [5, 5.41) is 12.2. The standard InChI is InChI=1S/C28H43N7S/c1-22-18-27(35-16-14-34(15-17-35)21-23-6-4-9-29-20-23)32-26-8-7-24(19-25(22)26)31-28(36)30-10-5-13-33-11-2-3-12-33/h7-8,18-19,23,29H,2-6,9-17,20-21H2,1H3,(H2,30,31,36). The minimum absolute atomic E-state index is 0.694. The van der Waals surface area contributed by atoms with E-state index in [2.05, 4.69) is 61.8 Å². The van der Waals surface area contributed by atoms with E-state index >= 15 is 0 Å². The number of thiocarbonyl (C=S) groups is 1. The molecule has 0 aliphatic carbocycles. The summed E-state index contributed by atoms with van der Waals surface area (Å²) in [5.74, 6) is 1.92. The fourth-order valence-electron chi connectivity index (χ4n) is 5.91. The van der Waals surface area contributed by atoms with E-state index in [1.807, 2.05) is 0 Å². The van der Waals surface area contributed by atoms with E-state index in [1.54, 1.807) is 0 Å². The predicted molar refractivity (Wildman–Crippen MR) is 155 cm³/mol. The molecule has 7 nitrogen and oxygen atoms in total. The number of hydrogen-bond donors (Lipinski definition) is 3. The summed E-state index contributed by atoms with van der Waals surface area (Å²) in [4.78, 5) is 12.7. The number of aryl methyl sites for hydroxylation is 1. The molecule has 4 heterocycles. The van der Waals surface area contributed by atoms with Gasteiger partial charge >= 0.3 is 0 Å². The number of benzene rings is 1. The maximum atomic E-state index is 5.54. The summed E-state index contributed by atoms with van der Waals surface area (Å²) in [7, 11) is 0. The van der Waals surface area contributed by atoms with Crippen LogP contribution in [0.2, 0.25) is 0 Å². The number of likely N-dealkylation sites (tertiary alicyclic amines) is 1. The zero-order chi connectivity index (χ0) is 24.7. The summed E-state index contributed by atoms with van der Waals surface area (Å²) in [6, 6.07) is 8.64. The monoisotopic (exact) mass is 509 g/mol. The summed E-state index contributed by atoms with van der Waals surface area (Å²) < 4.78 is 0. The second kappa shape index (κ2) is 12.5. The topological polar surface area (TPSA) is 58.7 Å². The van der Waals surface area contributed by atoms with Crippen LogP contribution in [0.4, 0.5) is 11.5 Å². The number of aromatic nitrogens is 1. The molecule has 0 saturated carbocycles. The van der Waals surface area contributed by atoms with Gasteiger partial charge in [0.25, 0.3) is 0 Å². The molecule has 3 fully saturated rings. The Kier molecular flexibility index (Phi) is 8.90. The molecule has 3 N–H and O–H groups in total. The first kappa shape index (κ1) is 25.6. The molecule has 3 aliphatic heterocycles. The van der Waals surface area contributed by atoms with Crippen LogP contribution in [-0.4, -0.2) is 91.9 Å². The summed E-state index contributed by atoms with van der Waals surface area (Å²) in [6.45, 7) is 14.7. The highest BCUT2D eigenvalue weighted by Gasteiger charge is 2.22. The molecule has 36 heavy (non-hydrogen) atoms. The van der Waals surface area contributed by atoms with E-state index in [0.717, 1.165) is 68.6 Å². The van der Waals surface area contributed by atoms with Crippen molar-refractivity contribution in [3.8, 4) is 0 Å². The van der Waals surface area contributed by atoms with Gasteiger partial charge in [-0.2, -0.15) is 0 Å². The summed E-state index contributed by atoms with van der Waals surface area (Å²) in [5.41, 5.74) is 3.33. The van der Waals surface area contributed by atoms with Crippen molar-refractivity contribution in [2.75, 3.05) is 82.2 Å². The number of fused-ring (bicyclic) bond motifs is 1. The van der Waals surface area contributed by atoms with Gasteiger partial charge in [-0.15, -0.1) is 0 Å². The van der Waals surface area contributed by atoms with Crippen LogP contribution in [0.15, 0.2) is 24.3 Å². The average Bonchev–Trinajstić information content (AvgIpc) is 3.42. The third kappa shape index (κ3) is 6.85. The van der Waals surface area contributed by atoms with Crippen molar-refractivity contribution in [2.45, 2.75) is 39.0 Å². The Labute approximate surface area is 222 Å². The van der Waals surface area contributed by atoms with Crippen LogP contribution >= 0.6 is 12.2 Å². The molecule has 3 aliphatic rings. The Morgan fingerprint density at radius 1 is 1.06 bits per heavy atom. The number of hydrogen-bond acceptors (Lipinski definition) is 6. The van der Waals surface area contributed by atoms with Crippen LogP contribution in [-0.2, 0) is 0 Å². The van der Waals surface area contributed by atoms with Crippen molar-refractivity contribution in [2.24, 2.45) is 5.92 Å². The Balaban J connectivity index is 1.12. The maximum absolute atomic E-state index is 5.54. The van der Waals surface area contributed by atoms with E-state index in [-0.39, 0.29) is 0 Å². The Hall–Kier alpha value is -2.00. The number of anilines is 2. The van der Waals surface area contributed by atoms with Crippen molar-refractivity contribution in [3.63, 3.8) is 0 Å². The van der Waals surface area contributed by atoms with E-state index in [0.29, 0.717) is 5.11 Å². The van der Waals surface area contributed by atoms with Crippen LogP contribution in [0.5, 0.6) is 0 Å². The Morgan fingerprint density at radius 2 is 1.89 bits per heavy atom. The predicted octanol–water partition coefficient (Wildman–Crippen LogP) is 3.44. The molecule has 0 amide bonds. The van der Waals surface area contributed by atoms with Crippen molar-refractivity contribution in [1.82, 2.24) is 25.4 Å². The van der Waals surface area contributed by atoms with Gasteiger partial charge in [0.2, 0.25) is 0 Å². The lowest BCUT2D eigenvalue weighted by Gasteiger charge is -2.38. The SMILES string of the molecule is Cc1cc(N2CCN(CC3CCCNC3)CC2)nc2ccc(NC(=S)NCCCN3CCCC3)cc12. The Bertz CT molecular complexity index is 1010. The van der Waals surface area contributed by atoms with E-state index in [9.17, 15) is 0 Å². The molecule has 1 atom stereocenters. The van der Waals surface area contributed by atoms with Crippen molar-refractivity contribution in [1.29, 1.82) is 0 Å². The molecular formula is C28H43N7S. The van der Waals surface area contributed by atoms with Gasteiger partial charge in [-0.3, -0.25) is 4.90 Å². The summed E-state index contributed by atoms with van der Waals surface area (Å²) in [6.07, 6.45) is 6.51. The second-order valence-electron chi connectivity index (χ2n) is 10.8. The van der Waals surface area contributed by atoms with Gasteiger partial charge in [-0.1, -0.05) is 0 Å². The van der Waals surface area contributed by atoms with Gasteiger partial charge in [0.15, 0.2) is 5.11 Å². The van der Waals surface area contributed by atoms with Crippen LogP contribution < -0.4 is 20.9 Å². The molecule has 196 valence electrons. The highest BCUT2D eigenvalue weighted by molar-refractivity contribution is 7.80. The minimum atomic E-state index is 0.694. The largest absolute Gasteiger partial charge is 0.362 e. The number of nitrogens with one attached hydrogen (secondary N) is 3. The third-order valence-corrected chi connectivity index (χ3v) is 8.25. The second-order valence-corrected chi connectivity index (χ2v) is 11.2. The number of pyridine rings is 1. The molecule has 8 heteroatoms. The van der Waals surface area contributed by atoms with Crippen molar-refractivity contribution < 1.29 is 0 Å². The molecule has 0 radical (unpaired) electrons. The van der Waals surface area contributed by atoms with E-state index < -0.39 is 0 Å². The van der Waals surface area contributed by atoms with Gasteiger partial charge in [-0.25, -0.2) is 4.98 Å². The Morgan fingerprint density at radius 3 is 2.67 bits per heavy atom. The smallest absolute Gasteiger partial charge is 0.170 e. The third-order valence-electron chi connectivity index (χ3n) is 8.01. The lowest BCUT2D eigenvalue weighted by Crippen LogP contribution is -2.49. The van der Waals surface area contributed by atoms with Crippen molar-refractivity contribution in [3.05, 3.63) is 29.8 Å². The molecule has 5 rings (SSSR count). The molecule has 0 spiro atoms. The quantitative estimate of drug-likeness (QED) is 0.370. The lowest BCUT2D eigenvalue weighted by molar-refractivity contribution is 0.198. The zero-order valence-corrected chi connectivity index (χ0v) is 22.7. The molecule has 1 aromatic heterocycles. The first-order valence-corrected chi connectivity index (χ1v) is 14.4. The first-order valence-electron chi connectivity index (χ1n) is 14.0. The van der Waals surface area contributed by atoms with Gasteiger partial charge in [0, 0.05) is 50.3 Å². The molecular weight excluding hydrogens is 466 g/mol. The highest BCUT2D eigenvalue weighted by Crippen LogP contribution is 2.26. The highest BCUT2D eigenvalue weighted by atomic mass is 32.1. The zero-order valence-electron chi connectivity index (χ0n) is 21.9. The lowest BCUT2D eigenvalue weighted by atomic mass is 9.99. The summed E-state index contributed by atoms with van der Waals surface area (Å²) >= 11 is 5.54. The van der Waals surface area contributed by atoms with Gasteiger partial charge in [0.05, 0.1) is 5.52 Å². The average molecular weight is 510 g/mol. The maximum Gasteiger partial charge on any atom is 0.170 e. The molecule has 2 aromatic rings. The van der Waals surface area contributed by atoms with Crippen LogP contribution in [0.1, 0.15) is 37.7 Å². The molecule has 1 aromatic carbocycles. The normalized spacial score (nSPS) is 21.7. The molecule has 0 bridgehead atoms. The van der Waals surface area contributed by atoms with E-state index in [4.69, 9.17) is 17.2 Å². The van der Waals surface area contributed by atoms with Crippen LogP contribution in [0.25, 0.3) is 10.9 Å². The first-order chi connectivity index (χ1) is 17.6. The van der Waals surface area contributed by atoms with E-state index in [1.165, 1.54) is 69.4 Å². The number of nitrogens with zero attached hydrogens (tertiary/aromatic N) is 4. The van der Waals surface area contributed by atoms with Gasteiger partial charge in [-0.05, 0) is 120 Å². The van der Waals surface area contributed by atoms with Crippen LogP contribution in [0.3, 0.4) is 0 Å². The van der Waals surface area contributed by atoms with Gasteiger partial charge in [0.1, 0.15) is 5.82 Å². The van der Waals surface area contributed by atoms with Crippen LogP contribution in [0, 0.1) is 12.8 Å². The minimum Gasteiger partial charge on any atom is -0.362 e.